The lowest BCUT2D eigenvalue weighted by atomic mass is 10.2. The van der Waals surface area contributed by atoms with E-state index in [1.54, 1.807) is 45.3 Å². The molecule has 3 heterocycles. The fourth-order valence-electron chi connectivity index (χ4n) is 4.10. The van der Waals surface area contributed by atoms with Gasteiger partial charge in [0.1, 0.15) is 17.1 Å². The summed E-state index contributed by atoms with van der Waals surface area (Å²) in [6.45, 7) is 2.39. The highest BCUT2D eigenvalue weighted by Crippen LogP contribution is 2.29. The van der Waals surface area contributed by atoms with Crippen LogP contribution in [0.1, 0.15) is 28.1 Å². The van der Waals surface area contributed by atoms with Crippen LogP contribution in [-0.2, 0) is 16.1 Å². The zero-order valence-corrected chi connectivity index (χ0v) is 20.9. The van der Waals surface area contributed by atoms with Gasteiger partial charge in [0, 0.05) is 33.3 Å². The third kappa shape index (κ3) is 4.73. The van der Waals surface area contributed by atoms with Crippen molar-refractivity contribution in [3.05, 3.63) is 55.5 Å². The minimum Gasteiger partial charge on any atom is -0.497 e. The molecule has 0 saturated carbocycles. The minimum atomic E-state index is -0.673. The second kappa shape index (κ2) is 10.0. The summed E-state index contributed by atoms with van der Waals surface area (Å²) in [6, 6.07) is 6.56. The van der Waals surface area contributed by atoms with Crippen molar-refractivity contribution in [1.82, 2.24) is 19.4 Å². The largest absolute Gasteiger partial charge is 0.497 e. The smallest absolute Gasteiger partial charge is 0.337 e. The maximum Gasteiger partial charge on any atom is 0.337 e. The Labute approximate surface area is 205 Å². The van der Waals surface area contributed by atoms with Crippen LogP contribution in [0.2, 0.25) is 0 Å². The molecule has 1 N–H and O–H groups in total. The molecule has 0 bridgehead atoms. The Balaban J connectivity index is 1.87. The van der Waals surface area contributed by atoms with Gasteiger partial charge in [0.2, 0.25) is 5.91 Å². The molecular weight excluding hydrogens is 472 g/mol. The zero-order chi connectivity index (χ0) is 25.3. The highest BCUT2D eigenvalue weighted by Gasteiger charge is 2.26. The summed E-state index contributed by atoms with van der Waals surface area (Å²) in [5.41, 5.74) is -0.450. The van der Waals surface area contributed by atoms with Crippen molar-refractivity contribution in [3.8, 4) is 11.4 Å². The number of carbonyl (C=O) groups excluding carboxylic acids is 2. The summed E-state index contributed by atoms with van der Waals surface area (Å²) in [5.74, 6) is -0.190. The zero-order valence-electron chi connectivity index (χ0n) is 20.1. The number of hydrogen-bond donors (Lipinski definition) is 1. The molecule has 1 aromatic carbocycles. The number of ether oxygens (including phenoxy) is 2. The van der Waals surface area contributed by atoms with Crippen molar-refractivity contribution in [2.45, 2.75) is 32.4 Å². The molecule has 1 fully saturated rings. The van der Waals surface area contributed by atoms with E-state index in [4.69, 9.17) is 9.47 Å². The molecule has 1 aliphatic rings. The number of aromatic nitrogens is 2. The van der Waals surface area contributed by atoms with Gasteiger partial charge in [0.05, 0.1) is 29.2 Å². The summed E-state index contributed by atoms with van der Waals surface area (Å²) in [4.78, 5) is 54.9. The second-order valence-corrected chi connectivity index (χ2v) is 9.58. The average Bonchev–Trinajstić information content (AvgIpc) is 3.48. The fraction of sp³-hybridized carbons (Fsp3) is 0.417. The highest BCUT2D eigenvalue weighted by molar-refractivity contribution is 7.20. The molecular formula is C24H28N4O6S. The standard InChI is InChI=1S/C24H28N4O6S/c1-14-19-21(30)28(15-7-5-8-16(11-15)33-4)24(32)27(23(19)35-20(14)22(31)26(2)3)13-18(29)25-12-17-9-6-10-34-17/h5,7-8,11,17H,6,9-10,12-13H2,1-4H3,(H,25,29)/t17-/m0/s1. The monoisotopic (exact) mass is 500 g/mol. The van der Waals surface area contributed by atoms with E-state index in [9.17, 15) is 19.2 Å². The Morgan fingerprint density at radius 3 is 2.71 bits per heavy atom. The third-order valence-electron chi connectivity index (χ3n) is 5.98. The molecule has 1 atom stereocenters. The van der Waals surface area contributed by atoms with Gasteiger partial charge in [-0.05, 0) is 37.5 Å². The van der Waals surface area contributed by atoms with Gasteiger partial charge in [-0.25, -0.2) is 9.36 Å². The molecule has 11 heteroatoms. The number of carbonyl (C=O) groups is 2. The van der Waals surface area contributed by atoms with E-state index in [1.165, 1.54) is 16.6 Å². The van der Waals surface area contributed by atoms with Gasteiger partial charge in [-0.2, -0.15) is 0 Å². The molecule has 186 valence electrons. The van der Waals surface area contributed by atoms with E-state index in [0.717, 1.165) is 28.7 Å². The number of fused-ring (bicyclic) bond motifs is 1. The molecule has 1 aliphatic heterocycles. The molecule has 0 aliphatic carbocycles. The van der Waals surface area contributed by atoms with Crippen LogP contribution in [0.5, 0.6) is 5.75 Å². The van der Waals surface area contributed by atoms with E-state index >= 15 is 0 Å². The molecule has 0 radical (unpaired) electrons. The number of aryl methyl sites for hydroxylation is 1. The summed E-state index contributed by atoms with van der Waals surface area (Å²) in [5, 5.41) is 3.05. The van der Waals surface area contributed by atoms with Crippen LogP contribution < -0.4 is 21.3 Å². The van der Waals surface area contributed by atoms with Crippen LogP contribution in [0.15, 0.2) is 33.9 Å². The first-order valence-corrected chi connectivity index (χ1v) is 12.1. The first-order valence-electron chi connectivity index (χ1n) is 11.3. The second-order valence-electron chi connectivity index (χ2n) is 8.59. The van der Waals surface area contributed by atoms with Gasteiger partial charge in [-0.3, -0.25) is 19.0 Å². The van der Waals surface area contributed by atoms with Crippen molar-refractivity contribution < 1.29 is 19.1 Å². The van der Waals surface area contributed by atoms with Crippen LogP contribution in [0.4, 0.5) is 0 Å². The van der Waals surface area contributed by atoms with Crippen LogP contribution in [0, 0.1) is 6.92 Å². The maximum absolute atomic E-state index is 13.6. The van der Waals surface area contributed by atoms with E-state index in [2.05, 4.69) is 5.32 Å². The van der Waals surface area contributed by atoms with Crippen molar-refractivity contribution in [1.29, 1.82) is 0 Å². The Morgan fingerprint density at radius 1 is 1.29 bits per heavy atom. The highest BCUT2D eigenvalue weighted by atomic mass is 32.1. The lowest BCUT2D eigenvalue weighted by Gasteiger charge is -2.14. The predicted molar refractivity (Wildman–Crippen MR) is 133 cm³/mol. The fourth-order valence-corrected chi connectivity index (χ4v) is 5.42. The molecule has 0 unspecified atom stereocenters. The number of nitrogens with zero attached hydrogens (tertiary/aromatic N) is 3. The molecule has 10 nitrogen and oxygen atoms in total. The van der Waals surface area contributed by atoms with E-state index < -0.39 is 11.2 Å². The summed E-state index contributed by atoms with van der Waals surface area (Å²) >= 11 is 1.04. The number of methoxy groups -OCH3 is 1. The van der Waals surface area contributed by atoms with Crippen molar-refractivity contribution in [2.24, 2.45) is 0 Å². The van der Waals surface area contributed by atoms with Crippen molar-refractivity contribution >= 4 is 33.4 Å². The quantitative estimate of drug-likeness (QED) is 0.527. The van der Waals surface area contributed by atoms with Crippen LogP contribution in [0.3, 0.4) is 0 Å². The van der Waals surface area contributed by atoms with Crippen molar-refractivity contribution in [3.63, 3.8) is 0 Å². The minimum absolute atomic E-state index is 0.0466. The van der Waals surface area contributed by atoms with E-state index in [-0.39, 0.29) is 34.7 Å². The van der Waals surface area contributed by atoms with E-state index in [0.29, 0.717) is 35.0 Å². The third-order valence-corrected chi connectivity index (χ3v) is 7.28. The first-order chi connectivity index (χ1) is 16.7. The molecule has 1 saturated heterocycles. The molecule has 2 amide bonds. The molecule has 3 aromatic rings. The Morgan fingerprint density at radius 2 is 2.06 bits per heavy atom. The SMILES string of the molecule is COc1cccc(-n2c(=O)c3c(C)c(C(=O)N(C)C)sc3n(CC(=O)NC[C@@H]3CCCO3)c2=O)c1. The first kappa shape index (κ1) is 24.7. The number of rotatable bonds is 7. The number of thiophene rings is 1. The van der Waals surface area contributed by atoms with E-state index in [1.807, 2.05) is 0 Å². The molecule has 4 rings (SSSR count). The Hall–Kier alpha value is -3.44. The van der Waals surface area contributed by atoms with Gasteiger partial charge in [0.25, 0.3) is 11.5 Å². The Bertz CT molecular complexity index is 1400. The summed E-state index contributed by atoms with van der Waals surface area (Å²) in [7, 11) is 4.72. The Kier molecular flexibility index (Phi) is 7.08. The molecule has 2 aromatic heterocycles. The van der Waals surface area contributed by atoms with Gasteiger partial charge >= 0.3 is 5.69 Å². The summed E-state index contributed by atoms with van der Waals surface area (Å²) in [6.07, 6.45) is 1.77. The predicted octanol–water partition coefficient (Wildman–Crippen LogP) is 1.53. The molecule has 0 spiro atoms. The number of benzene rings is 1. The normalized spacial score (nSPS) is 15.4. The van der Waals surface area contributed by atoms with Crippen LogP contribution in [-0.4, -0.2) is 66.3 Å². The number of nitrogens with one attached hydrogen (secondary N) is 1. The van der Waals surface area contributed by atoms with Gasteiger partial charge in [-0.15, -0.1) is 11.3 Å². The van der Waals surface area contributed by atoms with Crippen LogP contribution >= 0.6 is 11.3 Å². The topological polar surface area (TPSA) is 112 Å². The van der Waals surface area contributed by atoms with Gasteiger partial charge in [-0.1, -0.05) is 6.07 Å². The molecule has 35 heavy (non-hydrogen) atoms. The van der Waals surface area contributed by atoms with Gasteiger partial charge < -0.3 is 19.7 Å². The summed E-state index contributed by atoms with van der Waals surface area (Å²) < 4.78 is 13.1. The lowest BCUT2D eigenvalue weighted by Crippen LogP contribution is -2.42. The lowest BCUT2D eigenvalue weighted by molar-refractivity contribution is -0.122. The maximum atomic E-state index is 13.6. The van der Waals surface area contributed by atoms with Crippen molar-refractivity contribution in [2.75, 3.05) is 34.4 Å². The van der Waals surface area contributed by atoms with Crippen LogP contribution in [0.25, 0.3) is 15.9 Å². The number of amides is 2. The van der Waals surface area contributed by atoms with Gasteiger partial charge in [0.15, 0.2) is 0 Å². The number of hydrogen-bond acceptors (Lipinski definition) is 7. The average molecular weight is 501 g/mol.